The van der Waals surface area contributed by atoms with Gasteiger partial charge in [0.1, 0.15) is 18.9 Å². The van der Waals surface area contributed by atoms with Gasteiger partial charge < -0.3 is 26.6 Å². The molecular weight excluding hydrogens is 468 g/mol. The zero-order chi connectivity index (χ0) is 27.4. The van der Waals surface area contributed by atoms with Crippen LogP contribution in [0.25, 0.3) is 0 Å². The number of nitroso groups, excluding NO2 is 1. The zero-order valence-electron chi connectivity index (χ0n) is 22.7. The minimum Gasteiger partial charge on any atom is -0.491 e. The highest BCUT2D eigenvalue weighted by molar-refractivity contribution is 5.89. The molecule has 1 heterocycles. The summed E-state index contributed by atoms with van der Waals surface area (Å²) in [7, 11) is 0. The number of aliphatic hydroxyl groups excluding tert-OH is 1. The molecule has 37 heavy (non-hydrogen) atoms. The third-order valence-electron chi connectivity index (χ3n) is 8.54. The summed E-state index contributed by atoms with van der Waals surface area (Å²) < 4.78 is 5.61. The van der Waals surface area contributed by atoms with E-state index in [0.29, 0.717) is 25.0 Å². The fraction of sp³-hybridized carbons (Fsp3) is 0.552. The van der Waals surface area contributed by atoms with Crippen LogP contribution in [0.1, 0.15) is 68.2 Å². The molecule has 5 unspecified atom stereocenters. The predicted octanol–water partition coefficient (Wildman–Crippen LogP) is 3.79. The first-order chi connectivity index (χ1) is 17.7. The zero-order valence-corrected chi connectivity index (χ0v) is 22.7. The molecule has 6 N–H and O–H groups in total. The van der Waals surface area contributed by atoms with E-state index in [9.17, 15) is 9.70 Å². The van der Waals surface area contributed by atoms with E-state index in [1.165, 1.54) is 0 Å². The number of nitrogens with one attached hydrogen (secondary N) is 1. The van der Waals surface area contributed by atoms with Crippen LogP contribution in [0.4, 0.5) is 0 Å². The molecule has 202 valence electrons. The first kappa shape index (κ1) is 28.8. The van der Waals surface area contributed by atoms with E-state index in [1.54, 1.807) is 0 Å². The van der Waals surface area contributed by atoms with Gasteiger partial charge >= 0.3 is 0 Å². The monoisotopic (exact) mass is 510 g/mol. The Morgan fingerprint density at radius 3 is 2.38 bits per heavy atom. The number of amides is 1. The minimum absolute atomic E-state index is 0.0647. The normalized spacial score (nSPS) is 30.5. The van der Waals surface area contributed by atoms with Gasteiger partial charge in [0.15, 0.2) is 0 Å². The number of fused-ring (bicyclic) bond motifs is 1. The second-order valence-corrected chi connectivity index (χ2v) is 10.1. The van der Waals surface area contributed by atoms with Crippen LogP contribution in [0, 0.1) is 24.2 Å². The molecule has 2 fully saturated rings. The Kier molecular flexibility index (Phi) is 8.78. The third kappa shape index (κ3) is 4.35. The summed E-state index contributed by atoms with van der Waals surface area (Å²) in [6.07, 6.45) is 1.72. The number of aryl methyl sites for hydroxylation is 2. The summed E-state index contributed by atoms with van der Waals surface area (Å²) in [5, 5.41) is 15.3. The summed E-state index contributed by atoms with van der Waals surface area (Å²) in [6, 6.07) is 13.1. The minimum atomic E-state index is -1.25. The van der Waals surface area contributed by atoms with Crippen molar-refractivity contribution >= 4 is 5.91 Å². The van der Waals surface area contributed by atoms with E-state index in [-0.39, 0.29) is 31.6 Å². The smallest absolute Gasteiger partial charge is 0.228 e. The number of nitrogens with zero attached hydrogens (tertiary/aromatic N) is 1. The Morgan fingerprint density at radius 2 is 1.81 bits per heavy atom. The van der Waals surface area contributed by atoms with Crippen LogP contribution >= 0.6 is 0 Å². The number of hydrogen-bond donors (Lipinski definition) is 4. The molecule has 1 amide bonds. The molecule has 8 nitrogen and oxygen atoms in total. The average molecular weight is 511 g/mol. The summed E-state index contributed by atoms with van der Waals surface area (Å²) in [5.41, 5.74) is 15.5. The molecule has 0 aromatic heterocycles. The summed E-state index contributed by atoms with van der Waals surface area (Å²) >= 11 is 0. The number of rotatable bonds is 8. The van der Waals surface area contributed by atoms with Gasteiger partial charge in [-0.1, -0.05) is 61.8 Å². The maximum absolute atomic E-state index is 13.5. The van der Waals surface area contributed by atoms with Crippen molar-refractivity contribution in [1.29, 1.82) is 0 Å². The lowest BCUT2D eigenvalue weighted by atomic mass is 9.46. The molecule has 1 aliphatic carbocycles. The highest BCUT2D eigenvalue weighted by Gasteiger charge is 2.74. The van der Waals surface area contributed by atoms with Crippen LogP contribution in [-0.2, 0) is 10.3 Å². The van der Waals surface area contributed by atoms with Gasteiger partial charge in [-0.25, -0.2) is 0 Å². The Labute approximate surface area is 220 Å². The molecule has 2 aromatic carbocycles. The predicted molar refractivity (Wildman–Crippen MR) is 146 cm³/mol. The van der Waals surface area contributed by atoms with Gasteiger partial charge in [-0.3, -0.25) is 4.79 Å². The van der Waals surface area contributed by atoms with Crippen LogP contribution in [-0.4, -0.2) is 42.4 Å². The van der Waals surface area contributed by atoms with E-state index >= 15 is 0 Å². The number of benzene rings is 2. The molecule has 1 saturated heterocycles. The largest absolute Gasteiger partial charge is 0.491 e. The van der Waals surface area contributed by atoms with Crippen LogP contribution in [0.3, 0.4) is 0 Å². The van der Waals surface area contributed by atoms with Crippen molar-refractivity contribution in [3.05, 3.63) is 69.6 Å². The Morgan fingerprint density at radius 1 is 1.14 bits per heavy atom. The fourth-order valence-corrected chi connectivity index (χ4v) is 6.70. The van der Waals surface area contributed by atoms with E-state index in [0.717, 1.165) is 22.3 Å². The van der Waals surface area contributed by atoms with Crippen molar-refractivity contribution in [2.24, 2.45) is 22.1 Å². The first-order valence-electron chi connectivity index (χ1n) is 13.3. The van der Waals surface area contributed by atoms with Crippen LogP contribution in [0.15, 0.2) is 47.6 Å². The van der Waals surface area contributed by atoms with Crippen molar-refractivity contribution < 1.29 is 14.6 Å². The molecule has 1 saturated carbocycles. The number of hydrogen-bond acceptors (Lipinski definition) is 7. The van der Waals surface area contributed by atoms with E-state index in [2.05, 4.69) is 10.5 Å². The van der Waals surface area contributed by atoms with E-state index in [4.69, 9.17) is 21.3 Å². The molecule has 4 rings (SSSR count). The molecular formula is C29H42N4O4. The van der Waals surface area contributed by atoms with Crippen molar-refractivity contribution in [2.75, 3.05) is 19.8 Å². The quantitative estimate of drug-likeness (QED) is 0.398. The van der Waals surface area contributed by atoms with Crippen LogP contribution in [0.5, 0.6) is 5.75 Å². The van der Waals surface area contributed by atoms with Gasteiger partial charge in [0.2, 0.25) is 5.91 Å². The number of nitrogens with two attached hydrogens (primary N) is 2. The maximum Gasteiger partial charge on any atom is 0.228 e. The number of carbonyl (C=O) groups is 1. The van der Waals surface area contributed by atoms with Crippen molar-refractivity contribution in [1.82, 2.24) is 5.32 Å². The number of carbonyl (C=O) groups excluding carboxylic acids is 1. The molecule has 0 radical (unpaired) electrons. The maximum atomic E-state index is 13.5. The highest BCUT2D eigenvalue weighted by Crippen LogP contribution is 2.62. The van der Waals surface area contributed by atoms with Gasteiger partial charge in [0, 0.05) is 5.92 Å². The second-order valence-electron chi connectivity index (χ2n) is 10.1. The summed E-state index contributed by atoms with van der Waals surface area (Å²) in [5.74, 6) is 0.296. The second kappa shape index (κ2) is 11.3. The van der Waals surface area contributed by atoms with Gasteiger partial charge in [-0.2, -0.15) is 4.91 Å². The van der Waals surface area contributed by atoms with Crippen molar-refractivity contribution in [3.63, 3.8) is 0 Å². The Bertz CT molecular complexity index is 1110. The number of ether oxygens (including phenoxy) is 1. The molecule has 1 aliphatic heterocycles. The third-order valence-corrected chi connectivity index (χ3v) is 8.54. The van der Waals surface area contributed by atoms with E-state index in [1.807, 2.05) is 77.1 Å². The lowest BCUT2D eigenvalue weighted by Gasteiger charge is -2.61. The topological polar surface area (TPSA) is 140 Å². The summed E-state index contributed by atoms with van der Waals surface area (Å²) in [6.45, 7) is 9.98. The molecule has 0 spiro atoms. The SMILES string of the molecule is CC.CCC12CCC(c3ccc(OCCO)cc3C)C(N)(c3ccc(C)cc3)C1(N)C(CN=O)NC2=O. The fourth-order valence-electron chi connectivity index (χ4n) is 6.70. The molecule has 5 atom stereocenters. The molecule has 2 aliphatic rings. The standard InChI is InChI=1S/C27H36N4O4.C2H6/c1-4-25-12-11-22(21-10-9-20(15-18(21)3)35-14-13-32)26(28,19-7-5-17(2)6-8-19)27(25,29)23(16-30-34)31-24(25)33;1-2/h5-10,15,22-23,32H,4,11-14,16,28-29H2,1-3H3,(H,31,33);1-2H3. The molecule has 8 heteroatoms. The van der Waals surface area contributed by atoms with Crippen LogP contribution < -0.4 is 21.5 Å². The average Bonchev–Trinajstić information content (AvgIpc) is 3.12. The lowest BCUT2D eigenvalue weighted by Crippen LogP contribution is -2.78. The van der Waals surface area contributed by atoms with Gasteiger partial charge in [-0.15, -0.1) is 0 Å². The van der Waals surface area contributed by atoms with E-state index < -0.39 is 22.5 Å². The van der Waals surface area contributed by atoms with Gasteiger partial charge in [-0.05, 0) is 61.9 Å². The number of aliphatic hydroxyl groups is 1. The van der Waals surface area contributed by atoms with Crippen molar-refractivity contribution in [3.8, 4) is 5.75 Å². The van der Waals surface area contributed by atoms with Gasteiger partial charge in [0.25, 0.3) is 0 Å². The summed E-state index contributed by atoms with van der Waals surface area (Å²) in [4.78, 5) is 24.9. The Hall–Kier alpha value is -2.81. The van der Waals surface area contributed by atoms with Gasteiger partial charge in [0.05, 0.1) is 29.1 Å². The van der Waals surface area contributed by atoms with Crippen LogP contribution in [0.2, 0.25) is 0 Å². The Balaban J connectivity index is 0.00000186. The van der Waals surface area contributed by atoms with Crippen molar-refractivity contribution in [2.45, 2.75) is 76.9 Å². The highest BCUT2D eigenvalue weighted by atomic mass is 16.5. The first-order valence-corrected chi connectivity index (χ1v) is 13.3. The molecule has 2 aromatic rings. The molecule has 0 bridgehead atoms. The lowest BCUT2D eigenvalue weighted by molar-refractivity contribution is -0.134.